The van der Waals surface area contributed by atoms with Gasteiger partial charge in [-0.3, -0.25) is 9.59 Å². The number of thiophene rings is 1. The second-order valence-corrected chi connectivity index (χ2v) is 10.5. The summed E-state index contributed by atoms with van der Waals surface area (Å²) < 4.78 is 7.28. The van der Waals surface area contributed by atoms with E-state index >= 15 is 0 Å². The first-order valence-electron chi connectivity index (χ1n) is 12.0. The average molecular weight is 492 g/mol. The van der Waals surface area contributed by atoms with Crippen LogP contribution in [0.25, 0.3) is 0 Å². The van der Waals surface area contributed by atoms with Crippen molar-refractivity contribution in [2.75, 3.05) is 19.0 Å². The van der Waals surface area contributed by atoms with E-state index in [1.165, 1.54) is 16.9 Å². The number of nitriles is 1. The number of amides is 2. The zero-order valence-corrected chi connectivity index (χ0v) is 20.9. The summed E-state index contributed by atoms with van der Waals surface area (Å²) in [4.78, 5) is 33.0. The van der Waals surface area contributed by atoms with Crippen molar-refractivity contribution < 1.29 is 14.3 Å². The molecule has 0 bridgehead atoms. The third-order valence-corrected chi connectivity index (χ3v) is 8.32. The molecule has 2 atom stereocenters. The molecule has 2 amide bonds. The van der Waals surface area contributed by atoms with E-state index in [-0.39, 0.29) is 23.7 Å². The second-order valence-electron chi connectivity index (χ2n) is 9.35. The Morgan fingerprint density at radius 3 is 2.97 bits per heavy atom. The minimum absolute atomic E-state index is 0.0254. The van der Waals surface area contributed by atoms with E-state index in [2.05, 4.69) is 28.5 Å². The van der Waals surface area contributed by atoms with E-state index in [4.69, 9.17) is 4.74 Å². The first-order chi connectivity index (χ1) is 17.0. The number of carbonyl (C=O) groups is 2. The van der Waals surface area contributed by atoms with Gasteiger partial charge >= 0.3 is 0 Å². The SMILES string of the molecule is COC1=CCCC(C2CC2C(=O)Nc2sc3c(c2C#N)CCN(C(=O)CCc2nccn2C)C3)=C1. The molecular formula is C26H29N5O3S. The van der Waals surface area contributed by atoms with E-state index in [0.29, 0.717) is 42.9 Å². The standard InChI is InChI=1S/C26H29N5O3S/c1-30-11-9-28-23(30)6-7-24(32)31-10-8-18-21(14-27)26(35-22(18)15-31)29-25(33)20-13-19(20)16-4-3-5-17(12-16)34-2/h5,9,11-12,19-20H,3-4,6-8,10,13,15H2,1-2H3,(H,29,33). The number of aryl methyl sites for hydroxylation is 2. The highest BCUT2D eigenvalue weighted by atomic mass is 32.1. The van der Waals surface area contributed by atoms with Crippen molar-refractivity contribution in [2.24, 2.45) is 18.9 Å². The van der Waals surface area contributed by atoms with Crippen LogP contribution in [0.2, 0.25) is 0 Å². The number of hydrogen-bond acceptors (Lipinski definition) is 6. The molecule has 0 saturated heterocycles. The molecule has 0 spiro atoms. The number of nitrogens with zero attached hydrogens (tertiary/aromatic N) is 4. The van der Waals surface area contributed by atoms with Gasteiger partial charge < -0.3 is 19.5 Å². The zero-order chi connectivity index (χ0) is 24.5. The van der Waals surface area contributed by atoms with E-state index in [0.717, 1.165) is 41.3 Å². The Morgan fingerprint density at radius 2 is 2.23 bits per heavy atom. The van der Waals surface area contributed by atoms with E-state index < -0.39 is 0 Å². The predicted molar refractivity (Wildman–Crippen MR) is 132 cm³/mol. The Morgan fingerprint density at radius 1 is 1.37 bits per heavy atom. The first-order valence-corrected chi connectivity index (χ1v) is 12.8. The fourth-order valence-corrected chi connectivity index (χ4v) is 6.28. The van der Waals surface area contributed by atoms with Crippen LogP contribution >= 0.6 is 11.3 Å². The van der Waals surface area contributed by atoms with Gasteiger partial charge in [-0.2, -0.15) is 5.26 Å². The number of nitrogens with one attached hydrogen (secondary N) is 1. The van der Waals surface area contributed by atoms with Crippen LogP contribution in [-0.2, 0) is 40.8 Å². The van der Waals surface area contributed by atoms with Gasteiger partial charge in [0.05, 0.1) is 19.2 Å². The van der Waals surface area contributed by atoms with Crippen molar-refractivity contribution in [1.29, 1.82) is 5.26 Å². The largest absolute Gasteiger partial charge is 0.497 e. The molecule has 35 heavy (non-hydrogen) atoms. The minimum atomic E-state index is -0.0627. The van der Waals surface area contributed by atoms with Crippen molar-refractivity contribution in [3.63, 3.8) is 0 Å². The normalized spacial score (nSPS) is 20.9. The quantitative estimate of drug-likeness (QED) is 0.637. The van der Waals surface area contributed by atoms with Gasteiger partial charge in [-0.25, -0.2) is 4.98 Å². The lowest BCUT2D eigenvalue weighted by Gasteiger charge is -2.27. The lowest BCUT2D eigenvalue weighted by Crippen LogP contribution is -2.35. The van der Waals surface area contributed by atoms with Crippen LogP contribution in [-0.4, -0.2) is 39.9 Å². The molecule has 182 valence electrons. The van der Waals surface area contributed by atoms with Crippen LogP contribution < -0.4 is 5.32 Å². The third-order valence-electron chi connectivity index (χ3n) is 7.19. The van der Waals surface area contributed by atoms with Crippen LogP contribution in [0.3, 0.4) is 0 Å². The van der Waals surface area contributed by atoms with Gasteiger partial charge in [-0.15, -0.1) is 11.3 Å². The summed E-state index contributed by atoms with van der Waals surface area (Å²) in [6, 6.07) is 2.30. The van der Waals surface area contributed by atoms with Gasteiger partial charge in [-0.05, 0) is 49.3 Å². The van der Waals surface area contributed by atoms with Crippen LogP contribution in [0.1, 0.15) is 47.5 Å². The summed E-state index contributed by atoms with van der Waals surface area (Å²) >= 11 is 1.43. The molecule has 1 fully saturated rings. The summed E-state index contributed by atoms with van der Waals surface area (Å²) in [5, 5.41) is 13.5. The van der Waals surface area contributed by atoms with E-state index in [1.807, 2.05) is 22.7 Å². The highest BCUT2D eigenvalue weighted by Gasteiger charge is 2.45. The summed E-state index contributed by atoms with van der Waals surface area (Å²) in [6.07, 6.45) is 12.1. The second kappa shape index (κ2) is 9.70. The van der Waals surface area contributed by atoms with Crippen molar-refractivity contribution in [1.82, 2.24) is 14.5 Å². The number of fused-ring (bicyclic) bond motifs is 1. The molecule has 9 heteroatoms. The molecule has 8 nitrogen and oxygen atoms in total. The molecule has 1 saturated carbocycles. The highest BCUT2D eigenvalue weighted by molar-refractivity contribution is 7.16. The first kappa shape index (κ1) is 23.4. The maximum atomic E-state index is 13.0. The summed E-state index contributed by atoms with van der Waals surface area (Å²) in [7, 11) is 3.59. The summed E-state index contributed by atoms with van der Waals surface area (Å²) in [5.41, 5.74) is 2.80. The van der Waals surface area contributed by atoms with Gasteiger partial charge in [0.1, 0.15) is 22.7 Å². The Hall–Kier alpha value is -3.38. The fraction of sp³-hybridized carbons (Fsp3) is 0.462. The Bertz CT molecular complexity index is 1260. The molecule has 1 aliphatic heterocycles. The fourth-order valence-electron chi connectivity index (χ4n) is 5.07. The lowest BCUT2D eigenvalue weighted by molar-refractivity contribution is -0.132. The van der Waals surface area contributed by atoms with Crippen LogP contribution in [0, 0.1) is 23.2 Å². The number of rotatable bonds is 7. The number of methoxy groups -OCH3 is 1. The van der Waals surface area contributed by atoms with Gasteiger partial charge in [0.15, 0.2) is 0 Å². The molecule has 2 aliphatic carbocycles. The Balaban J connectivity index is 1.22. The molecular weight excluding hydrogens is 462 g/mol. The monoisotopic (exact) mass is 491 g/mol. The number of carbonyl (C=O) groups excluding carboxylic acids is 2. The van der Waals surface area contributed by atoms with E-state index in [1.54, 1.807) is 13.3 Å². The van der Waals surface area contributed by atoms with Crippen LogP contribution in [0.5, 0.6) is 0 Å². The van der Waals surface area contributed by atoms with E-state index in [9.17, 15) is 14.9 Å². The molecule has 5 rings (SSSR count). The third kappa shape index (κ3) is 4.76. The van der Waals surface area contributed by atoms with Gasteiger partial charge in [0.25, 0.3) is 0 Å². The molecule has 0 aromatic carbocycles. The number of anilines is 1. The highest BCUT2D eigenvalue weighted by Crippen LogP contribution is 2.48. The van der Waals surface area contributed by atoms with Gasteiger partial charge in [0, 0.05) is 49.6 Å². The van der Waals surface area contributed by atoms with Gasteiger partial charge in [-0.1, -0.05) is 5.57 Å². The summed E-state index contributed by atoms with van der Waals surface area (Å²) in [5.74, 6) is 2.01. The smallest absolute Gasteiger partial charge is 0.228 e. The number of ether oxygens (including phenoxy) is 1. The predicted octanol–water partition coefficient (Wildman–Crippen LogP) is 3.70. The van der Waals surface area contributed by atoms with Crippen molar-refractivity contribution in [3.8, 4) is 6.07 Å². The van der Waals surface area contributed by atoms with Crippen LogP contribution in [0.4, 0.5) is 5.00 Å². The number of allylic oxidation sites excluding steroid dienone is 3. The Kier molecular flexibility index (Phi) is 6.48. The lowest BCUT2D eigenvalue weighted by atomic mass is 9.98. The number of aromatic nitrogens is 2. The molecule has 3 aliphatic rings. The maximum absolute atomic E-state index is 13.0. The molecule has 3 heterocycles. The topological polar surface area (TPSA) is 100 Å². The molecule has 2 aromatic heterocycles. The molecule has 2 aromatic rings. The summed E-state index contributed by atoms with van der Waals surface area (Å²) in [6.45, 7) is 1.06. The van der Waals surface area contributed by atoms with Gasteiger partial charge in [0.2, 0.25) is 11.8 Å². The van der Waals surface area contributed by atoms with Crippen molar-refractivity contribution in [2.45, 2.75) is 45.1 Å². The maximum Gasteiger partial charge on any atom is 0.228 e. The number of imidazole rings is 1. The molecule has 1 N–H and O–H groups in total. The molecule has 0 radical (unpaired) electrons. The number of hydrogen-bond donors (Lipinski definition) is 1. The van der Waals surface area contributed by atoms with Crippen LogP contribution in [0.15, 0.2) is 35.9 Å². The molecule has 2 unspecified atom stereocenters. The minimum Gasteiger partial charge on any atom is -0.497 e. The Labute approximate surface area is 208 Å². The van der Waals surface area contributed by atoms with Crippen molar-refractivity contribution in [3.05, 3.63) is 57.7 Å². The average Bonchev–Trinajstić information content (AvgIpc) is 3.47. The zero-order valence-electron chi connectivity index (χ0n) is 20.0. The van der Waals surface area contributed by atoms with Crippen molar-refractivity contribution >= 4 is 28.2 Å².